The summed E-state index contributed by atoms with van der Waals surface area (Å²) in [5.74, 6) is -0.101. The fourth-order valence-corrected chi connectivity index (χ4v) is 2.08. The van der Waals surface area contributed by atoms with Gasteiger partial charge in [-0.2, -0.15) is 0 Å². The van der Waals surface area contributed by atoms with E-state index in [2.05, 4.69) is 20.9 Å². The molecule has 1 aliphatic carbocycles. The lowest BCUT2D eigenvalue weighted by atomic mass is 10.2. The van der Waals surface area contributed by atoms with Crippen molar-refractivity contribution >= 4 is 11.6 Å². The van der Waals surface area contributed by atoms with Crippen molar-refractivity contribution in [2.45, 2.75) is 38.9 Å². The van der Waals surface area contributed by atoms with Crippen molar-refractivity contribution in [2.24, 2.45) is 0 Å². The second-order valence-corrected chi connectivity index (χ2v) is 5.43. The van der Waals surface area contributed by atoms with Gasteiger partial charge >= 0.3 is 0 Å². The molecule has 0 unspecified atom stereocenters. The Kier molecular flexibility index (Phi) is 3.96. The van der Waals surface area contributed by atoms with Gasteiger partial charge in [0.05, 0.1) is 11.9 Å². The first-order valence-corrected chi connectivity index (χ1v) is 7.18. The number of amides is 1. The lowest BCUT2D eigenvalue weighted by Crippen LogP contribution is -2.19. The summed E-state index contributed by atoms with van der Waals surface area (Å²) in [6.07, 6.45) is 4.30. The van der Waals surface area contributed by atoms with E-state index in [1.807, 2.05) is 37.4 Å². The van der Waals surface area contributed by atoms with Crippen LogP contribution in [0.5, 0.6) is 0 Å². The predicted molar refractivity (Wildman–Crippen MR) is 79.7 cm³/mol. The highest BCUT2D eigenvalue weighted by Gasteiger charge is 2.20. The van der Waals surface area contributed by atoms with Crippen molar-refractivity contribution in [3.8, 4) is 0 Å². The maximum atomic E-state index is 12.0. The molecular formula is C15H19N5O. The van der Waals surface area contributed by atoms with Crippen molar-refractivity contribution in [2.75, 3.05) is 5.32 Å². The number of nitrogens with one attached hydrogen (secondary N) is 2. The average molecular weight is 285 g/mol. The summed E-state index contributed by atoms with van der Waals surface area (Å²) in [6.45, 7) is 2.85. The molecule has 1 aliphatic rings. The highest BCUT2D eigenvalue weighted by atomic mass is 16.2. The minimum absolute atomic E-state index is 0.101. The largest absolute Gasteiger partial charge is 0.324 e. The van der Waals surface area contributed by atoms with Gasteiger partial charge in [0.25, 0.3) is 0 Å². The Balaban J connectivity index is 1.53. The molecule has 2 aromatic rings. The summed E-state index contributed by atoms with van der Waals surface area (Å²) in [5, 5.41) is 14.3. The van der Waals surface area contributed by atoms with E-state index in [0.29, 0.717) is 12.6 Å². The first-order valence-electron chi connectivity index (χ1n) is 7.18. The van der Waals surface area contributed by atoms with Crippen LogP contribution in [0.15, 0.2) is 30.5 Å². The summed E-state index contributed by atoms with van der Waals surface area (Å²) < 4.78 is 1.57. The van der Waals surface area contributed by atoms with Gasteiger partial charge in [-0.1, -0.05) is 23.4 Å². The van der Waals surface area contributed by atoms with Gasteiger partial charge < -0.3 is 10.6 Å². The Labute approximate surface area is 123 Å². The third kappa shape index (κ3) is 3.88. The zero-order valence-electron chi connectivity index (χ0n) is 12.0. The maximum absolute atomic E-state index is 12.0. The third-order valence-corrected chi connectivity index (χ3v) is 3.46. The molecule has 1 amide bonds. The summed E-state index contributed by atoms with van der Waals surface area (Å²) in [5.41, 5.74) is 2.74. The summed E-state index contributed by atoms with van der Waals surface area (Å²) >= 11 is 0. The molecule has 1 heterocycles. The van der Waals surface area contributed by atoms with Crippen LogP contribution in [0.3, 0.4) is 0 Å². The van der Waals surface area contributed by atoms with Crippen LogP contribution in [-0.4, -0.2) is 26.9 Å². The van der Waals surface area contributed by atoms with Gasteiger partial charge in [0, 0.05) is 18.3 Å². The molecule has 0 atom stereocenters. The minimum atomic E-state index is -0.101. The zero-order valence-corrected chi connectivity index (χ0v) is 12.0. The number of anilines is 1. The molecule has 2 N–H and O–H groups in total. The van der Waals surface area contributed by atoms with Gasteiger partial charge in [-0.15, -0.1) is 5.10 Å². The van der Waals surface area contributed by atoms with Crippen molar-refractivity contribution in [1.29, 1.82) is 0 Å². The summed E-state index contributed by atoms with van der Waals surface area (Å²) in [4.78, 5) is 12.0. The minimum Gasteiger partial charge on any atom is -0.324 e. The highest BCUT2D eigenvalue weighted by Crippen LogP contribution is 2.18. The third-order valence-electron chi connectivity index (χ3n) is 3.46. The van der Waals surface area contributed by atoms with E-state index < -0.39 is 0 Å². The van der Waals surface area contributed by atoms with E-state index in [1.165, 1.54) is 12.8 Å². The number of para-hydroxylation sites is 1. The van der Waals surface area contributed by atoms with Crippen LogP contribution in [0.25, 0.3) is 0 Å². The smallest absolute Gasteiger partial charge is 0.246 e. The van der Waals surface area contributed by atoms with Crippen LogP contribution in [-0.2, 0) is 17.9 Å². The Morgan fingerprint density at radius 3 is 2.95 bits per heavy atom. The van der Waals surface area contributed by atoms with Crippen LogP contribution < -0.4 is 10.6 Å². The normalized spacial score (nSPS) is 14.1. The number of benzene rings is 1. The molecule has 6 nitrogen and oxygen atoms in total. The van der Waals surface area contributed by atoms with Crippen molar-refractivity contribution in [3.05, 3.63) is 41.7 Å². The molecule has 3 rings (SSSR count). The topological polar surface area (TPSA) is 71.8 Å². The number of aryl methyl sites for hydroxylation is 1. The van der Waals surface area contributed by atoms with Gasteiger partial charge in [-0.25, -0.2) is 4.68 Å². The van der Waals surface area contributed by atoms with Gasteiger partial charge in [-0.05, 0) is 31.4 Å². The Hall–Kier alpha value is -2.21. The van der Waals surface area contributed by atoms with E-state index in [4.69, 9.17) is 0 Å². The molecule has 0 spiro atoms. The fourth-order valence-electron chi connectivity index (χ4n) is 2.08. The zero-order chi connectivity index (χ0) is 14.7. The highest BCUT2D eigenvalue weighted by molar-refractivity contribution is 5.91. The monoisotopic (exact) mass is 285 g/mol. The second kappa shape index (κ2) is 6.05. The van der Waals surface area contributed by atoms with Crippen molar-refractivity contribution in [3.63, 3.8) is 0 Å². The molecule has 6 heteroatoms. The average Bonchev–Trinajstić information content (AvgIpc) is 3.19. The number of hydrogen-bond donors (Lipinski definition) is 2. The lowest BCUT2D eigenvalue weighted by molar-refractivity contribution is -0.116. The van der Waals surface area contributed by atoms with Gasteiger partial charge in [0.2, 0.25) is 5.91 Å². The molecule has 0 aliphatic heterocycles. The summed E-state index contributed by atoms with van der Waals surface area (Å²) in [6, 6.07) is 8.34. The molecule has 1 aromatic heterocycles. The molecule has 1 fully saturated rings. The number of hydrogen-bond acceptors (Lipinski definition) is 4. The van der Waals surface area contributed by atoms with E-state index in [1.54, 1.807) is 4.68 Å². The number of carbonyl (C=O) groups is 1. The van der Waals surface area contributed by atoms with Crippen LogP contribution >= 0.6 is 0 Å². The Bertz CT molecular complexity index is 632. The predicted octanol–water partition coefficient (Wildman–Crippen LogP) is 1.48. The first-order chi connectivity index (χ1) is 10.2. The van der Waals surface area contributed by atoms with E-state index in [-0.39, 0.29) is 12.5 Å². The molecule has 1 saturated carbocycles. The van der Waals surface area contributed by atoms with E-state index in [0.717, 1.165) is 16.9 Å². The van der Waals surface area contributed by atoms with Gasteiger partial charge in [-0.3, -0.25) is 4.79 Å². The van der Waals surface area contributed by atoms with Gasteiger partial charge in [0.15, 0.2) is 0 Å². The van der Waals surface area contributed by atoms with Crippen LogP contribution in [0, 0.1) is 6.92 Å². The molecular weight excluding hydrogens is 266 g/mol. The summed E-state index contributed by atoms with van der Waals surface area (Å²) in [7, 11) is 0. The van der Waals surface area contributed by atoms with E-state index in [9.17, 15) is 4.79 Å². The molecule has 1 aromatic carbocycles. The molecule has 110 valence electrons. The van der Waals surface area contributed by atoms with Crippen LogP contribution in [0.4, 0.5) is 5.69 Å². The standard InChI is InChI=1S/C15H19N5O/c1-11-4-2-3-5-14(11)17-15(21)10-20-9-13(18-19-20)8-16-12-6-7-12/h2-5,9,12,16H,6-8,10H2,1H3,(H,17,21). The SMILES string of the molecule is Cc1ccccc1NC(=O)Cn1cc(CNC2CC2)nn1. The number of carbonyl (C=O) groups excluding carboxylic acids is 1. The Morgan fingerprint density at radius 1 is 1.38 bits per heavy atom. The molecule has 0 bridgehead atoms. The maximum Gasteiger partial charge on any atom is 0.246 e. The molecule has 0 radical (unpaired) electrons. The van der Waals surface area contributed by atoms with Crippen LogP contribution in [0.2, 0.25) is 0 Å². The number of nitrogens with zero attached hydrogens (tertiary/aromatic N) is 3. The number of rotatable bonds is 6. The van der Waals surface area contributed by atoms with Crippen molar-refractivity contribution in [1.82, 2.24) is 20.3 Å². The Morgan fingerprint density at radius 2 is 2.19 bits per heavy atom. The van der Waals surface area contributed by atoms with Crippen LogP contribution in [0.1, 0.15) is 24.1 Å². The first kappa shape index (κ1) is 13.8. The second-order valence-electron chi connectivity index (χ2n) is 5.43. The quantitative estimate of drug-likeness (QED) is 0.843. The lowest BCUT2D eigenvalue weighted by Gasteiger charge is -2.07. The fraction of sp³-hybridized carbons (Fsp3) is 0.400. The van der Waals surface area contributed by atoms with Gasteiger partial charge in [0.1, 0.15) is 6.54 Å². The molecule has 0 saturated heterocycles. The molecule has 21 heavy (non-hydrogen) atoms. The van der Waals surface area contributed by atoms with E-state index >= 15 is 0 Å². The van der Waals surface area contributed by atoms with Crippen molar-refractivity contribution < 1.29 is 4.79 Å². The number of aromatic nitrogens is 3.